The molecule has 1 aliphatic heterocycles. The molecule has 0 radical (unpaired) electrons. The van der Waals surface area contributed by atoms with Crippen molar-refractivity contribution in [1.82, 2.24) is 9.88 Å². The van der Waals surface area contributed by atoms with Gasteiger partial charge in [-0.25, -0.2) is 4.98 Å². The van der Waals surface area contributed by atoms with Gasteiger partial charge in [0.15, 0.2) is 0 Å². The molecule has 0 aromatic carbocycles. The fourth-order valence-electron chi connectivity index (χ4n) is 2.67. The van der Waals surface area contributed by atoms with Gasteiger partial charge in [0.1, 0.15) is 5.82 Å². The Morgan fingerprint density at radius 2 is 2.24 bits per heavy atom. The van der Waals surface area contributed by atoms with Gasteiger partial charge in [-0.15, -0.1) is 0 Å². The minimum Gasteiger partial charge on any atom is -0.384 e. The number of nitrogen functional groups attached to an aromatic ring is 1. The molecule has 0 amide bonds. The first-order valence-corrected chi connectivity index (χ1v) is 6.74. The largest absolute Gasteiger partial charge is 0.384 e. The standard InChI is InChI=1S/C14H23N3/c1-2-13-6-4-3-5-9-17(13)11-12-7-8-14(15)16-10-12/h7-8,10,13H,2-6,9,11H2,1H3,(H2,15,16). The lowest BCUT2D eigenvalue weighted by Gasteiger charge is -2.29. The van der Waals surface area contributed by atoms with Crippen molar-refractivity contribution in [2.45, 2.75) is 51.6 Å². The summed E-state index contributed by atoms with van der Waals surface area (Å²) in [5, 5.41) is 0. The lowest BCUT2D eigenvalue weighted by Crippen LogP contribution is -2.33. The van der Waals surface area contributed by atoms with E-state index in [1.54, 1.807) is 0 Å². The first kappa shape index (κ1) is 12.4. The maximum Gasteiger partial charge on any atom is 0.123 e. The second kappa shape index (κ2) is 6.01. The molecule has 1 aromatic rings. The van der Waals surface area contributed by atoms with Crippen LogP contribution in [0.3, 0.4) is 0 Å². The average Bonchev–Trinajstić information content (AvgIpc) is 2.57. The topological polar surface area (TPSA) is 42.1 Å². The zero-order valence-electron chi connectivity index (χ0n) is 10.7. The van der Waals surface area contributed by atoms with Crippen molar-refractivity contribution in [3.63, 3.8) is 0 Å². The Morgan fingerprint density at radius 1 is 1.35 bits per heavy atom. The molecule has 1 saturated heterocycles. The zero-order valence-corrected chi connectivity index (χ0v) is 10.7. The van der Waals surface area contributed by atoms with Crippen LogP contribution in [0.4, 0.5) is 5.82 Å². The Bertz CT molecular complexity index is 334. The molecule has 2 N–H and O–H groups in total. The highest BCUT2D eigenvalue weighted by Crippen LogP contribution is 2.21. The molecule has 0 saturated carbocycles. The lowest BCUT2D eigenvalue weighted by molar-refractivity contribution is 0.186. The predicted molar refractivity (Wildman–Crippen MR) is 71.6 cm³/mol. The van der Waals surface area contributed by atoms with Crippen LogP contribution in [-0.2, 0) is 6.54 Å². The summed E-state index contributed by atoms with van der Waals surface area (Å²) in [6.07, 6.45) is 8.61. The van der Waals surface area contributed by atoms with Crippen LogP contribution in [0.1, 0.15) is 44.6 Å². The summed E-state index contributed by atoms with van der Waals surface area (Å²) >= 11 is 0. The van der Waals surface area contributed by atoms with E-state index in [2.05, 4.69) is 22.9 Å². The van der Waals surface area contributed by atoms with E-state index in [1.807, 2.05) is 12.3 Å². The SMILES string of the molecule is CCC1CCCCCN1Cc1ccc(N)nc1. The quantitative estimate of drug-likeness (QED) is 0.873. The minimum atomic E-state index is 0.608. The Morgan fingerprint density at radius 3 is 2.94 bits per heavy atom. The molecule has 1 unspecified atom stereocenters. The molecular formula is C14H23N3. The molecule has 1 atom stereocenters. The molecule has 2 heterocycles. The molecule has 17 heavy (non-hydrogen) atoms. The number of pyridine rings is 1. The summed E-state index contributed by atoms with van der Waals surface area (Å²) in [5.41, 5.74) is 6.89. The van der Waals surface area contributed by atoms with E-state index >= 15 is 0 Å². The third-order valence-electron chi connectivity index (χ3n) is 3.70. The molecule has 94 valence electrons. The van der Waals surface area contributed by atoms with Gasteiger partial charge in [-0.2, -0.15) is 0 Å². The van der Waals surface area contributed by atoms with E-state index in [-0.39, 0.29) is 0 Å². The first-order chi connectivity index (χ1) is 8.29. The summed E-state index contributed by atoms with van der Waals surface area (Å²) in [5.74, 6) is 0.608. The number of nitrogens with zero attached hydrogens (tertiary/aromatic N) is 2. The third-order valence-corrected chi connectivity index (χ3v) is 3.70. The van der Waals surface area contributed by atoms with Crippen molar-refractivity contribution >= 4 is 5.82 Å². The number of likely N-dealkylation sites (tertiary alicyclic amines) is 1. The van der Waals surface area contributed by atoms with Gasteiger partial charge in [0.05, 0.1) is 0 Å². The van der Waals surface area contributed by atoms with Crippen LogP contribution in [0.5, 0.6) is 0 Å². The van der Waals surface area contributed by atoms with E-state index in [9.17, 15) is 0 Å². The maximum absolute atomic E-state index is 5.61. The molecule has 1 aromatic heterocycles. The maximum atomic E-state index is 5.61. The molecule has 1 fully saturated rings. The number of anilines is 1. The Kier molecular flexibility index (Phi) is 4.37. The number of nitrogens with two attached hydrogens (primary N) is 1. The summed E-state index contributed by atoms with van der Waals surface area (Å²) in [4.78, 5) is 6.78. The summed E-state index contributed by atoms with van der Waals surface area (Å²) in [7, 11) is 0. The van der Waals surface area contributed by atoms with Gasteiger partial charge in [-0.1, -0.05) is 25.8 Å². The van der Waals surface area contributed by atoms with Gasteiger partial charge < -0.3 is 5.73 Å². The van der Waals surface area contributed by atoms with Crippen molar-refractivity contribution in [3.8, 4) is 0 Å². The average molecular weight is 233 g/mol. The smallest absolute Gasteiger partial charge is 0.123 e. The highest BCUT2D eigenvalue weighted by molar-refractivity contribution is 5.29. The summed E-state index contributed by atoms with van der Waals surface area (Å²) < 4.78 is 0. The zero-order chi connectivity index (χ0) is 12.1. The molecule has 2 rings (SSSR count). The van der Waals surface area contributed by atoms with Crippen molar-refractivity contribution in [2.75, 3.05) is 12.3 Å². The van der Waals surface area contributed by atoms with Crippen molar-refractivity contribution in [3.05, 3.63) is 23.9 Å². The van der Waals surface area contributed by atoms with Gasteiger partial charge in [0, 0.05) is 18.8 Å². The van der Waals surface area contributed by atoms with Crippen LogP contribution in [-0.4, -0.2) is 22.5 Å². The lowest BCUT2D eigenvalue weighted by atomic mass is 10.1. The van der Waals surface area contributed by atoms with E-state index in [0.717, 1.165) is 12.6 Å². The van der Waals surface area contributed by atoms with E-state index in [1.165, 1.54) is 44.2 Å². The van der Waals surface area contributed by atoms with Crippen LogP contribution in [0.25, 0.3) is 0 Å². The van der Waals surface area contributed by atoms with Crippen molar-refractivity contribution in [2.24, 2.45) is 0 Å². The van der Waals surface area contributed by atoms with Gasteiger partial charge in [-0.3, -0.25) is 4.90 Å². The van der Waals surface area contributed by atoms with Crippen LogP contribution in [0.15, 0.2) is 18.3 Å². The van der Waals surface area contributed by atoms with E-state index in [4.69, 9.17) is 5.73 Å². The molecule has 0 bridgehead atoms. The van der Waals surface area contributed by atoms with Crippen LogP contribution in [0, 0.1) is 0 Å². The molecule has 3 heteroatoms. The van der Waals surface area contributed by atoms with Crippen LogP contribution < -0.4 is 5.73 Å². The van der Waals surface area contributed by atoms with Crippen molar-refractivity contribution in [1.29, 1.82) is 0 Å². The highest BCUT2D eigenvalue weighted by atomic mass is 15.2. The van der Waals surface area contributed by atoms with Gasteiger partial charge in [-0.05, 0) is 37.4 Å². The highest BCUT2D eigenvalue weighted by Gasteiger charge is 2.19. The van der Waals surface area contributed by atoms with Crippen LogP contribution in [0.2, 0.25) is 0 Å². The number of hydrogen-bond donors (Lipinski definition) is 1. The fourth-order valence-corrected chi connectivity index (χ4v) is 2.67. The van der Waals surface area contributed by atoms with Gasteiger partial charge in [0.25, 0.3) is 0 Å². The van der Waals surface area contributed by atoms with Crippen LogP contribution >= 0.6 is 0 Å². The Hall–Kier alpha value is -1.09. The molecular weight excluding hydrogens is 210 g/mol. The molecule has 0 aliphatic carbocycles. The number of rotatable bonds is 3. The van der Waals surface area contributed by atoms with E-state index in [0.29, 0.717) is 5.82 Å². The summed E-state index contributed by atoms with van der Waals surface area (Å²) in [6, 6.07) is 4.74. The number of hydrogen-bond acceptors (Lipinski definition) is 3. The van der Waals surface area contributed by atoms with Gasteiger partial charge in [0.2, 0.25) is 0 Å². The fraction of sp³-hybridized carbons (Fsp3) is 0.643. The predicted octanol–water partition coefficient (Wildman–Crippen LogP) is 2.82. The normalized spacial score (nSPS) is 22.3. The Labute approximate surface area is 104 Å². The van der Waals surface area contributed by atoms with Crippen molar-refractivity contribution < 1.29 is 0 Å². The minimum absolute atomic E-state index is 0.608. The first-order valence-electron chi connectivity index (χ1n) is 6.74. The number of aromatic nitrogens is 1. The third kappa shape index (κ3) is 3.43. The van der Waals surface area contributed by atoms with E-state index < -0.39 is 0 Å². The monoisotopic (exact) mass is 233 g/mol. The molecule has 0 spiro atoms. The second-order valence-corrected chi connectivity index (χ2v) is 4.97. The summed E-state index contributed by atoms with van der Waals surface area (Å²) in [6.45, 7) is 4.54. The van der Waals surface area contributed by atoms with Gasteiger partial charge >= 0.3 is 0 Å². The molecule has 1 aliphatic rings. The molecule has 3 nitrogen and oxygen atoms in total. The second-order valence-electron chi connectivity index (χ2n) is 4.97. The Balaban J connectivity index is 2.01.